The van der Waals surface area contributed by atoms with Gasteiger partial charge in [-0.25, -0.2) is 0 Å². The molecule has 2 nitrogen and oxygen atoms in total. The maximum Gasteiger partial charge on any atom is 0.122 e. The van der Waals surface area contributed by atoms with Crippen molar-refractivity contribution in [2.45, 2.75) is 19.3 Å². The molecule has 1 aliphatic rings. The predicted octanol–water partition coefficient (Wildman–Crippen LogP) is 3.19. The molecule has 1 saturated carbocycles. The number of hydrogen-bond acceptors (Lipinski definition) is 2. The van der Waals surface area contributed by atoms with Gasteiger partial charge in [-0.1, -0.05) is 11.6 Å². The second kappa shape index (κ2) is 3.75. The van der Waals surface area contributed by atoms with Crippen LogP contribution in [0.2, 0.25) is 5.02 Å². The van der Waals surface area contributed by atoms with Gasteiger partial charge in [0.15, 0.2) is 0 Å². The first kappa shape index (κ1) is 10.3. The predicted molar refractivity (Wildman–Crippen MR) is 59.0 cm³/mol. The summed E-state index contributed by atoms with van der Waals surface area (Å²) in [6, 6.07) is 7.91. The number of methoxy groups -OCH3 is 1. The molecule has 1 fully saturated rings. The van der Waals surface area contributed by atoms with Crippen LogP contribution >= 0.6 is 11.6 Å². The quantitative estimate of drug-likeness (QED) is 0.785. The van der Waals surface area contributed by atoms with Gasteiger partial charge in [-0.3, -0.25) is 0 Å². The fourth-order valence-corrected chi connectivity index (χ4v) is 1.92. The molecule has 0 bridgehead atoms. The van der Waals surface area contributed by atoms with Gasteiger partial charge in [-0.2, -0.15) is 5.26 Å². The third-order valence-electron chi connectivity index (χ3n) is 2.86. The molecule has 1 aromatic carbocycles. The summed E-state index contributed by atoms with van der Waals surface area (Å²) in [4.78, 5) is 0. The molecule has 15 heavy (non-hydrogen) atoms. The Morgan fingerprint density at radius 2 is 2.27 bits per heavy atom. The smallest absolute Gasteiger partial charge is 0.122 e. The molecular weight excluding hydrogens is 210 g/mol. The number of hydrogen-bond donors (Lipinski definition) is 0. The molecule has 78 valence electrons. The van der Waals surface area contributed by atoms with E-state index < -0.39 is 0 Å². The molecule has 0 aliphatic heterocycles. The standard InChI is InChI=1S/C12H12ClNO/c1-15-11-3-2-10(13)6-9(11)7-12(8-14)4-5-12/h2-3,6H,4-5,7H2,1H3. The van der Waals surface area contributed by atoms with E-state index in [2.05, 4.69) is 6.07 Å². The SMILES string of the molecule is COc1ccc(Cl)cc1CC1(C#N)CC1. The summed E-state index contributed by atoms with van der Waals surface area (Å²) in [6.45, 7) is 0. The van der Waals surface area contributed by atoms with Crippen LogP contribution in [0.1, 0.15) is 18.4 Å². The van der Waals surface area contributed by atoms with E-state index in [4.69, 9.17) is 21.6 Å². The number of halogens is 1. The van der Waals surface area contributed by atoms with E-state index in [0.29, 0.717) is 5.02 Å². The third kappa shape index (κ3) is 2.08. The van der Waals surface area contributed by atoms with E-state index >= 15 is 0 Å². The molecule has 0 amide bonds. The van der Waals surface area contributed by atoms with E-state index in [1.165, 1.54) is 0 Å². The molecule has 0 aromatic heterocycles. The topological polar surface area (TPSA) is 33.0 Å². The molecule has 0 radical (unpaired) electrons. The molecule has 0 unspecified atom stereocenters. The van der Waals surface area contributed by atoms with Crippen LogP contribution in [0.25, 0.3) is 0 Å². The maximum absolute atomic E-state index is 9.03. The van der Waals surface area contributed by atoms with Crippen molar-refractivity contribution in [3.63, 3.8) is 0 Å². The monoisotopic (exact) mass is 221 g/mol. The summed E-state index contributed by atoms with van der Waals surface area (Å²) < 4.78 is 5.25. The van der Waals surface area contributed by atoms with Gasteiger partial charge < -0.3 is 4.74 Å². The van der Waals surface area contributed by atoms with Crippen molar-refractivity contribution in [1.82, 2.24) is 0 Å². The van der Waals surface area contributed by atoms with Gasteiger partial charge in [0, 0.05) is 5.02 Å². The van der Waals surface area contributed by atoms with Crippen LogP contribution in [0, 0.1) is 16.7 Å². The first-order valence-electron chi connectivity index (χ1n) is 4.93. The van der Waals surface area contributed by atoms with Crippen molar-refractivity contribution in [3.8, 4) is 11.8 Å². The Kier molecular flexibility index (Phi) is 2.58. The molecular formula is C12H12ClNO. The van der Waals surface area contributed by atoms with Crippen LogP contribution in [0.4, 0.5) is 0 Å². The summed E-state index contributed by atoms with van der Waals surface area (Å²) in [7, 11) is 1.64. The zero-order chi connectivity index (χ0) is 10.9. The van der Waals surface area contributed by atoms with Crippen LogP contribution in [0.3, 0.4) is 0 Å². The van der Waals surface area contributed by atoms with Crippen molar-refractivity contribution >= 4 is 11.6 Å². The number of nitriles is 1. The van der Waals surface area contributed by atoms with E-state index in [1.807, 2.05) is 12.1 Å². The van der Waals surface area contributed by atoms with Crippen LogP contribution in [-0.4, -0.2) is 7.11 Å². The second-order valence-corrected chi connectivity index (χ2v) is 4.46. The van der Waals surface area contributed by atoms with Gasteiger partial charge >= 0.3 is 0 Å². The highest BCUT2D eigenvalue weighted by molar-refractivity contribution is 6.30. The Bertz CT molecular complexity index is 418. The molecule has 0 saturated heterocycles. The maximum atomic E-state index is 9.03. The summed E-state index contributed by atoms with van der Waals surface area (Å²) in [5, 5.41) is 9.72. The second-order valence-electron chi connectivity index (χ2n) is 4.03. The summed E-state index contributed by atoms with van der Waals surface area (Å²) in [6.07, 6.45) is 2.71. The fourth-order valence-electron chi connectivity index (χ4n) is 1.73. The van der Waals surface area contributed by atoms with Gasteiger partial charge in [0.05, 0.1) is 18.6 Å². The lowest BCUT2D eigenvalue weighted by Crippen LogP contribution is -2.03. The summed E-state index contributed by atoms with van der Waals surface area (Å²) >= 11 is 5.93. The third-order valence-corrected chi connectivity index (χ3v) is 3.10. The summed E-state index contributed by atoms with van der Waals surface area (Å²) in [5.41, 5.74) is 0.877. The highest BCUT2D eigenvalue weighted by Crippen LogP contribution is 2.48. The summed E-state index contributed by atoms with van der Waals surface area (Å²) in [5.74, 6) is 0.820. The number of nitrogens with zero attached hydrogens (tertiary/aromatic N) is 1. The Balaban J connectivity index is 2.27. The lowest BCUT2D eigenvalue weighted by atomic mass is 9.97. The van der Waals surface area contributed by atoms with Crippen LogP contribution in [0.15, 0.2) is 18.2 Å². The lowest BCUT2D eigenvalue weighted by molar-refractivity contribution is 0.407. The molecule has 0 N–H and O–H groups in total. The van der Waals surface area contributed by atoms with E-state index in [9.17, 15) is 0 Å². The van der Waals surface area contributed by atoms with Crippen LogP contribution in [-0.2, 0) is 6.42 Å². The molecule has 3 heteroatoms. The van der Waals surface area contributed by atoms with E-state index in [-0.39, 0.29) is 5.41 Å². The Morgan fingerprint density at radius 1 is 1.53 bits per heavy atom. The molecule has 0 atom stereocenters. The van der Waals surface area contributed by atoms with E-state index in [0.717, 1.165) is 30.6 Å². The van der Waals surface area contributed by atoms with Crippen molar-refractivity contribution in [2.75, 3.05) is 7.11 Å². The Hall–Kier alpha value is -1.20. The zero-order valence-corrected chi connectivity index (χ0v) is 9.34. The van der Waals surface area contributed by atoms with Gasteiger partial charge in [0.2, 0.25) is 0 Å². The fraction of sp³-hybridized carbons (Fsp3) is 0.417. The van der Waals surface area contributed by atoms with Crippen molar-refractivity contribution < 1.29 is 4.74 Å². The van der Waals surface area contributed by atoms with Crippen LogP contribution in [0.5, 0.6) is 5.75 Å². The van der Waals surface area contributed by atoms with Crippen molar-refractivity contribution in [3.05, 3.63) is 28.8 Å². The molecule has 0 spiro atoms. The number of rotatable bonds is 3. The first-order valence-corrected chi connectivity index (χ1v) is 5.31. The lowest BCUT2D eigenvalue weighted by Gasteiger charge is -2.11. The highest BCUT2D eigenvalue weighted by atomic mass is 35.5. The zero-order valence-electron chi connectivity index (χ0n) is 8.59. The average molecular weight is 222 g/mol. The van der Waals surface area contributed by atoms with E-state index in [1.54, 1.807) is 13.2 Å². The molecule has 0 heterocycles. The minimum Gasteiger partial charge on any atom is -0.496 e. The Morgan fingerprint density at radius 3 is 2.80 bits per heavy atom. The normalized spacial score (nSPS) is 16.9. The Labute approximate surface area is 94.4 Å². The number of benzene rings is 1. The minimum atomic E-state index is -0.155. The van der Waals surface area contributed by atoms with Gasteiger partial charge in [-0.15, -0.1) is 0 Å². The highest BCUT2D eigenvalue weighted by Gasteiger charge is 2.43. The average Bonchev–Trinajstić information content (AvgIpc) is 2.99. The first-order chi connectivity index (χ1) is 7.19. The number of ether oxygens (including phenoxy) is 1. The van der Waals surface area contributed by atoms with Crippen molar-refractivity contribution in [1.29, 1.82) is 5.26 Å². The molecule has 2 rings (SSSR count). The molecule has 1 aromatic rings. The largest absolute Gasteiger partial charge is 0.496 e. The molecule has 1 aliphatic carbocycles. The van der Waals surface area contributed by atoms with Crippen molar-refractivity contribution in [2.24, 2.45) is 5.41 Å². The van der Waals surface area contributed by atoms with Gasteiger partial charge in [0.25, 0.3) is 0 Å². The van der Waals surface area contributed by atoms with Crippen LogP contribution < -0.4 is 4.74 Å². The van der Waals surface area contributed by atoms with Gasteiger partial charge in [0.1, 0.15) is 5.75 Å². The van der Waals surface area contributed by atoms with Gasteiger partial charge in [-0.05, 0) is 43.0 Å². The minimum absolute atomic E-state index is 0.155.